The van der Waals surface area contributed by atoms with E-state index in [-0.39, 0.29) is 30.3 Å². The van der Waals surface area contributed by atoms with Crippen LogP contribution >= 0.6 is 0 Å². The molecule has 1 aromatic carbocycles. The summed E-state index contributed by atoms with van der Waals surface area (Å²) in [5, 5.41) is 19.6. The average Bonchev–Trinajstić information content (AvgIpc) is 2.71. The lowest BCUT2D eigenvalue weighted by atomic mass is 9.81. The van der Waals surface area contributed by atoms with Crippen LogP contribution in [0.3, 0.4) is 0 Å². The molecule has 7 heteroatoms. The van der Waals surface area contributed by atoms with E-state index in [1.165, 1.54) is 0 Å². The smallest absolute Gasteiger partial charge is 0.344 e. The maximum atomic E-state index is 11.9. The second kappa shape index (κ2) is 12.9. The third-order valence-corrected chi connectivity index (χ3v) is 6.09. The van der Waals surface area contributed by atoms with Crippen molar-refractivity contribution in [2.75, 3.05) is 13.2 Å². The third-order valence-electron chi connectivity index (χ3n) is 6.09. The van der Waals surface area contributed by atoms with Crippen molar-refractivity contribution in [2.45, 2.75) is 85.3 Å². The number of benzene rings is 1. The van der Waals surface area contributed by atoms with E-state index in [0.717, 1.165) is 11.1 Å². The van der Waals surface area contributed by atoms with Crippen LogP contribution in [0.1, 0.15) is 72.4 Å². The topological polar surface area (TPSA) is 119 Å². The molecular weight excluding hydrogens is 422 g/mol. The normalized spacial score (nSPS) is 15.6. The second-order valence-corrected chi connectivity index (χ2v) is 10.3. The first-order chi connectivity index (χ1) is 15.3. The number of carboxylic acids is 1. The summed E-state index contributed by atoms with van der Waals surface area (Å²) in [6, 6.07) is 5.56. The molecule has 0 aliphatic rings. The summed E-state index contributed by atoms with van der Waals surface area (Å²) < 4.78 is 10.9. The monoisotopic (exact) mass is 465 g/mol. The van der Waals surface area contributed by atoms with Crippen molar-refractivity contribution < 1.29 is 29.3 Å². The van der Waals surface area contributed by atoms with Crippen LogP contribution < -0.4 is 10.5 Å². The minimum absolute atomic E-state index is 0.0781. The minimum atomic E-state index is -0.941. The first-order valence-corrected chi connectivity index (χ1v) is 11.8. The van der Waals surface area contributed by atoms with Gasteiger partial charge in [0.1, 0.15) is 5.75 Å². The first-order valence-electron chi connectivity index (χ1n) is 11.8. The van der Waals surface area contributed by atoms with Crippen LogP contribution in [0.2, 0.25) is 0 Å². The molecule has 0 aliphatic carbocycles. The summed E-state index contributed by atoms with van der Waals surface area (Å²) in [5.41, 5.74) is 8.26. The number of esters is 1. The number of carbonyl (C=O) groups excluding carboxylic acids is 1. The standard InChI is InChI=1S/C26H43NO6/c1-8-32-24(29)15-33-23-14-20(26(5,6)7)10-9-18(23)12-19(16(2)3)13-21(27)22(28)11-17(4)25(30)31/h9-10,14,16-17,19,21-22,28H,8,11-13,15,27H2,1-7H3,(H,30,31)/t17?,19-,21-,22-/m0/s1. The number of rotatable bonds is 13. The van der Waals surface area contributed by atoms with E-state index in [1.54, 1.807) is 13.8 Å². The summed E-state index contributed by atoms with van der Waals surface area (Å²) in [6.45, 7) is 14.0. The quantitative estimate of drug-likeness (QED) is 0.378. The van der Waals surface area contributed by atoms with E-state index in [9.17, 15) is 14.7 Å². The van der Waals surface area contributed by atoms with Gasteiger partial charge in [0.2, 0.25) is 0 Å². The number of ether oxygens (including phenoxy) is 2. The number of hydrogen-bond acceptors (Lipinski definition) is 6. The molecule has 0 saturated heterocycles. The van der Waals surface area contributed by atoms with Gasteiger partial charge < -0.3 is 25.4 Å². The van der Waals surface area contributed by atoms with Gasteiger partial charge in [-0.2, -0.15) is 0 Å². The number of hydrogen-bond donors (Lipinski definition) is 3. The molecule has 0 radical (unpaired) electrons. The van der Waals surface area contributed by atoms with Crippen LogP contribution in [-0.4, -0.2) is 47.5 Å². The summed E-state index contributed by atoms with van der Waals surface area (Å²) >= 11 is 0. The van der Waals surface area contributed by atoms with Crippen molar-refractivity contribution in [3.05, 3.63) is 29.3 Å². The fourth-order valence-corrected chi connectivity index (χ4v) is 3.68. The van der Waals surface area contributed by atoms with Crippen molar-refractivity contribution in [2.24, 2.45) is 23.5 Å². The second-order valence-electron chi connectivity index (χ2n) is 10.3. The average molecular weight is 466 g/mol. The van der Waals surface area contributed by atoms with Gasteiger partial charge in [-0.05, 0) is 60.6 Å². The molecule has 1 aromatic rings. The Bertz CT molecular complexity index is 771. The highest BCUT2D eigenvalue weighted by atomic mass is 16.6. The van der Waals surface area contributed by atoms with Crippen LogP contribution in [0.5, 0.6) is 5.75 Å². The Morgan fingerprint density at radius 3 is 2.27 bits per heavy atom. The largest absolute Gasteiger partial charge is 0.482 e. The highest BCUT2D eigenvalue weighted by Gasteiger charge is 2.27. The van der Waals surface area contributed by atoms with E-state index < -0.39 is 30.0 Å². The zero-order valence-electron chi connectivity index (χ0n) is 21.3. The molecule has 0 aromatic heterocycles. The van der Waals surface area contributed by atoms with Gasteiger partial charge in [-0.1, -0.05) is 53.7 Å². The van der Waals surface area contributed by atoms with E-state index in [1.807, 2.05) is 12.1 Å². The lowest BCUT2D eigenvalue weighted by molar-refractivity contribution is -0.145. The molecule has 188 valence electrons. The molecule has 0 fully saturated rings. The predicted molar refractivity (Wildman–Crippen MR) is 129 cm³/mol. The maximum absolute atomic E-state index is 11.9. The van der Waals surface area contributed by atoms with Gasteiger partial charge in [0.25, 0.3) is 0 Å². The van der Waals surface area contributed by atoms with E-state index in [4.69, 9.17) is 20.3 Å². The fraction of sp³-hybridized carbons (Fsp3) is 0.692. The molecule has 1 unspecified atom stereocenters. The van der Waals surface area contributed by atoms with Gasteiger partial charge in [-0.25, -0.2) is 4.79 Å². The molecule has 0 aliphatic heterocycles. The van der Waals surface area contributed by atoms with Crippen molar-refractivity contribution in [3.8, 4) is 5.75 Å². The van der Waals surface area contributed by atoms with Crippen LogP contribution in [0.15, 0.2) is 18.2 Å². The maximum Gasteiger partial charge on any atom is 0.344 e. The molecule has 0 heterocycles. The lowest BCUT2D eigenvalue weighted by Crippen LogP contribution is -2.39. The Morgan fingerprint density at radius 1 is 1.12 bits per heavy atom. The zero-order valence-corrected chi connectivity index (χ0v) is 21.3. The number of aliphatic hydroxyl groups is 1. The third kappa shape index (κ3) is 9.72. The van der Waals surface area contributed by atoms with Gasteiger partial charge in [-0.15, -0.1) is 0 Å². The van der Waals surface area contributed by atoms with Gasteiger partial charge in [-0.3, -0.25) is 4.79 Å². The lowest BCUT2D eigenvalue weighted by Gasteiger charge is -2.29. The molecular formula is C26H43NO6. The number of carbonyl (C=O) groups is 2. The van der Waals surface area contributed by atoms with E-state index in [2.05, 4.69) is 40.7 Å². The highest BCUT2D eigenvalue weighted by Crippen LogP contribution is 2.32. The minimum Gasteiger partial charge on any atom is -0.482 e. The molecule has 0 saturated carbocycles. The van der Waals surface area contributed by atoms with E-state index >= 15 is 0 Å². The number of aliphatic carboxylic acids is 1. The van der Waals surface area contributed by atoms with Crippen LogP contribution in [0.4, 0.5) is 0 Å². The van der Waals surface area contributed by atoms with Gasteiger partial charge in [0, 0.05) is 6.04 Å². The summed E-state index contributed by atoms with van der Waals surface area (Å²) in [7, 11) is 0. The van der Waals surface area contributed by atoms with Gasteiger partial charge in [0.15, 0.2) is 6.61 Å². The molecule has 1 rings (SSSR count). The molecule has 7 nitrogen and oxygen atoms in total. The fourth-order valence-electron chi connectivity index (χ4n) is 3.68. The van der Waals surface area contributed by atoms with Crippen LogP contribution in [-0.2, 0) is 26.2 Å². The van der Waals surface area contributed by atoms with Crippen molar-refractivity contribution >= 4 is 11.9 Å². The summed E-state index contributed by atoms with van der Waals surface area (Å²) in [6.07, 6.45) is 0.439. The molecule has 0 amide bonds. The molecule has 4 atom stereocenters. The Kier molecular flexibility index (Phi) is 11.3. The Balaban J connectivity index is 3.06. The zero-order chi connectivity index (χ0) is 25.3. The molecule has 33 heavy (non-hydrogen) atoms. The Morgan fingerprint density at radius 2 is 1.76 bits per heavy atom. The Hall–Kier alpha value is -2.12. The van der Waals surface area contributed by atoms with Gasteiger partial charge in [0.05, 0.1) is 18.6 Å². The number of carboxylic acid groups (broad SMARTS) is 1. The van der Waals surface area contributed by atoms with Crippen molar-refractivity contribution in [3.63, 3.8) is 0 Å². The predicted octanol–water partition coefficient (Wildman–Crippen LogP) is 3.93. The Labute approximate surface area is 198 Å². The molecule has 0 spiro atoms. The molecule has 4 N–H and O–H groups in total. The summed E-state index contributed by atoms with van der Waals surface area (Å²) in [5.74, 6) is -0.946. The van der Waals surface area contributed by atoms with Crippen LogP contribution in [0, 0.1) is 17.8 Å². The van der Waals surface area contributed by atoms with Gasteiger partial charge >= 0.3 is 11.9 Å². The molecule has 0 bridgehead atoms. The van der Waals surface area contributed by atoms with Crippen molar-refractivity contribution in [1.29, 1.82) is 0 Å². The van der Waals surface area contributed by atoms with Crippen LogP contribution in [0.25, 0.3) is 0 Å². The highest BCUT2D eigenvalue weighted by molar-refractivity contribution is 5.71. The SMILES string of the molecule is CCOC(=O)COc1cc(C(C)(C)C)ccc1C[C@@H](C[C@H](N)[C@@H](O)CC(C)C(=O)O)C(C)C. The first kappa shape index (κ1) is 28.9. The summed E-state index contributed by atoms with van der Waals surface area (Å²) in [4.78, 5) is 23.0. The number of nitrogens with two attached hydrogens (primary N) is 1. The van der Waals surface area contributed by atoms with E-state index in [0.29, 0.717) is 25.2 Å². The number of aliphatic hydroxyl groups excluding tert-OH is 1. The van der Waals surface area contributed by atoms with Crippen molar-refractivity contribution in [1.82, 2.24) is 0 Å².